The summed E-state index contributed by atoms with van der Waals surface area (Å²) in [6.07, 6.45) is 0.972. The average Bonchev–Trinajstić information content (AvgIpc) is 2.76. The van der Waals surface area contributed by atoms with E-state index in [4.69, 9.17) is 5.73 Å². The van der Waals surface area contributed by atoms with Crippen LogP contribution < -0.4 is 5.73 Å². The Morgan fingerprint density at radius 1 is 1.24 bits per heavy atom. The molecule has 0 amide bonds. The van der Waals surface area contributed by atoms with Gasteiger partial charge in [0.25, 0.3) is 0 Å². The number of aromatic nitrogens is 2. The Morgan fingerprint density at radius 2 is 2.05 bits per heavy atom. The summed E-state index contributed by atoms with van der Waals surface area (Å²) in [5.74, 6) is 0.536. The summed E-state index contributed by atoms with van der Waals surface area (Å²) < 4.78 is 16.4. The first kappa shape index (κ1) is 14.1. The maximum absolute atomic E-state index is 13.4. The van der Waals surface area contributed by atoms with Gasteiger partial charge in [-0.1, -0.05) is 22.9 Å². The number of nitrogen functional groups attached to an aromatic ring is 1. The molecule has 108 valence electrons. The zero-order valence-corrected chi connectivity index (χ0v) is 13.2. The molecule has 0 fully saturated rings. The topological polar surface area (TPSA) is 43.8 Å². The van der Waals surface area contributed by atoms with Gasteiger partial charge in [-0.15, -0.1) is 0 Å². The number of halogens is 2. The Bertz CT molecular complexity index is 790. The third-order valence-electron chi connectivity index (χ3n) is 3.34. The van der Waals surface area contributed by atoms with E-state index in [2.05, 4.69) is 32.4 Å². The van der Waals surface area contributed by atoms with Gasteiger partial charge in [-0.25, -0.2) is 9.37 Å². The van der Waals surface area contributed by atoms with Gasteiger partial charge in [0.15, 0.2) is 0 Å². The molecule has 1 aromatic heterocycles. The molecular formula is C16H15BrFN3. The monoisotopic (exact) mass is 347 g/mol. The third-order valence-corrected chi connectivity index (χ3v) is 3.79. The average molecular weight is 348 g/mol. The number of nitrogens with zero attached hydrogens (tertiary/aromatic N) is 2. The molecule has 2 N–H and O–H groups in total. The van der Waals surface area contributed by atoms with Crippen LogP contribution in [-0.2, 0) is 6.54 Å². The van der Waals surface area contributed by atoms with Crippen LogP contribution in [0.4, 0.5) is 10.1 Å². The Morgan fingerprint density at radius 3 is 2.76 bits per heavy atom. The van der Waals surface area contributed by atoms with Crippen LogP contribution in [0.5, 0.6) is 0 Å². The van der Waals surface area contributed by atoms with Crippen LogP contribution >= 0.6 is 15.9 Å². The fourth-order valence-electron chi connectivity index (χ4n) is 2.51. The number of anilines is 1. The van der Waals surface area contributed by atoms with E-state index in [1.165, 1.54) is 12.1 Å². The number of imidazole rings is 1. The second-order valence-corrected chi connectivity index (χ2v) is 5.91. The molecule has 0 spiro atoms. The smallest absolute Gasteiger partial charge is 0.141 e. The molecule has 0 radical (unpaired) electrons. The highest BCUT2D eigenvalue weighted by Gasteiger charge is 2.13. The lowest BCUT2D eigenvalue weighted by Crippen LogP contribution is -2.00. The van der Waals surface area contributed by atoms with E-state index >= 15 is 0 Å². The summed E-state index contributed by atoms with van der Waals surface area (Å²) in [4.78, 5) is 4.59. The number of fused-ring (bicyclic) bond motifs is 1. The minimum absolute atomic E-state index is 0.274. The summed E-state index contributed by atoms with van der Waals surface area (Å²) >= 11 is 3.45. The van der Waals surface area contributed by atoms with Crippen LogP contribution in [0.1, 0.15) is 13.3 Å². The first-order chi connectivity index (χ1) is 10.1. The normalized spacial score (nSPS) is 11.2. The van der Waals surface area contributed by atoms with Crippen LogP contribution in [0.25, 0.3) is 22.4 Å². The second-order valence-electron chi connectivity index (χ2n) is 4.99. The van der Waals surface area contributed by atoms with E-state index in [0.717, 1.165) is 34.3 Å². The highest BCUT2D eigenvalue weighted by molar-refractivity contribution is 9.10. The Kier molecular flexibility index (Phi) is 3.68. The van der Waals surface area contributed by atoms with Gasteiger partial charge in [-0.2, -0.15) is 0 Å². The summed E-state index contributed by atoms with van der Waals surface area (Å²) in [7, 11) is 0. The summed E-state index contributed by atoms with van der Waals surface area (Å²) in [6.45, 7) is 2.93. The standard InChI is InChI=1S/C16H15BrFN3/c1-2-5-21-15-4-3-12(18)9-14(15)20-16(21)10-6-11(17)8-13(19)7-10/h3-4,6-9H,2,5,19H2,1H3. The Labute approximate surface area is 130 Å². The fourth-order valence-corrected chi connectivity index (χ4v) is 3.03. The zero-order chi connectivity index (χ0) is 15.0. The van der Waals surface area contributed by atoms with E-state index in [9.17, 15) is 4.39 Å². The van der Waals surface area contributed by atoms with Crippen molar-refractivity contribution in [3.63, 3.8) is 0 Å². The molecule has 2 aromatic carbocycles. The molecule has 5 heteroatoms. The molecule has 21 heavy (non-hydrogen) atoms. The minimum Gasteiger partial charge on any atom is -0.399 e. The predicted octanol–water partition coefficient (Wildman–Crippen LogP) is 4.60. The SMILES string of the molecule is CCCn1c(-c2cc(N)cc(Br)c2)nc2cc(F)ccc21. The van der Waals surface area contributed by atoms with Crippen molar-refractivity contribution >= 4 is 32.7 Å². The molecule has 1 heterocycles. The highest BCUT2D eigenvalue weighted by Crippen LogP contribution is 2.29. The molecule has 0 aliphatic rings. The van der Waals surface area contributed by atoms with Crippen molar-refractivity contribution in [2.45, 2.75) is 19.9 Å². The number of hydrogen-bond acceptors (Lipinski definition) is 2. The van der Waals surface area contributed by atoms with Crippen molar-refractivity contribution in [2.24, 2.45) is 0 Å². The van der Waals surface area contributed by atoms with Gasteiger partial charge in [0.1, 0.15) is 11.6 Å². The molecule has 3 nitrogen and oxygen atoms in total. The zero-order valence-electron chi connectivity index (χ0n) is 11.6. The largest absolute Gasteiger partial charge is 0.399 e. The van der Waals surface area contributed by atoms with E-state index in [1.807, 2.05) is 18.2 Å². The van der Waals surface area contributed by atoms with Gasteiger partial charge >= 0.3 is 0 Å². The van der Waals surface area contributed by atoms with E-state index in [-0.39, 0.29) is 5.82 Å². The maximum atomic E-state index is 13.4. The Hall–Kier alpha value is -1.88. The van der Waals surface area contributed by atoms with Crippen molar-refractivity contribution in [3.05, 3.63) is 46.7 Å². The molecule has 0 aliphatic heterocycles. The maximum Gasteiger partial charge on any atom is 0.141 e. The molecule has 3 aromatic rings. The van der Waals surface area contributed by atoms with Crippen LogP contribution in [-0.4, -0.2) is 9.55 Å². The molecule has 3 rings (SSSR count). The molecular weight excluding hydrogens is 333 g/mol. The molecule has 0 aliphatic carbocycles. The van der Waals surface area contributed by atoms with Crippen LogP contribution in [0.2, 0.25) is 0 Å². The van der Waals surface area contributed by atoms with E-state index < -0.39 is 0 Å². The molecule has 0 saturated carbocycles. The van der Waals surface area contributed by atoms with Crippen molar-refractivity contribution in [1.29, 1.82) is 0 Å². The van der Waals surface area contributed by atoms with Gasteiger partial charge in [-0.3, -0.25) is 0 Å². The summed E-state index contributed by atoms with van der Waals surface area (Å²) in [5, 5.41) is 0. The molecule has 0 saturated heterocycles. The number of rotatable bonds is 3. The van der Waals surface area contributed by atoms with Crippen LogP contribution in [0.15, 0.2) is 40.9 Å². The highest BCUT2D eigenvalue weighted by atomic mass is 79.9. The van der Waals surface area contributed by atoms with Gasteiger partial charge in [-0.05, 0) is 36.8 Å². The predicted molar refractivity (Wildman–Crippen MR) is 87.5 cm³/mol. The minimum atomic E-state index is -0.274. The van der Waals surface area contributed by atoms with Crippen molar-refractivity contribution in [3.8, 4) is 11.4 Å². The van der Waals surface area contributed by atoms with E-state index in [0.29, 0.717) is 11.2 Å². The Balaban J connectivity index is 2.27. The van der Waals surface area contributed by atoms with Gasteiger partial charge in [0, 0.05) is 28.3 Å². The number of nitrogens with two attached hydrogens (primary N) is 1. The van der Waals surface area contributed by atoms with Crippen molar-refractivity contribution in [1.82, 2.24) is 9.55 Å². The summed E-state index contributed by atoms with van der Waals surface area (Å²) in [5.41, 5.74) is 9.10. The quantitative estimate of drug-likeness (QED) is 0.703. The number of benzene rings is 2. The second kappa shape index (κ2) is 5.48. The first-order valence-electron chi connectivity index (χ1n) is 6.80. The fraction of sp³-hybridized carbons (Fsp3) is 0.188. The van der Waals surface area contributed by atoms with E-state index in [1.54, 1.807) is 6.07 Å². The first-order valence-corrected chi connectivity index (χ1v) is 7.60. The van der Waals surface area contributed by atoms with Crippen molar-refractivity contribution < 1.29 is 4.39 Å². The van der Waals surface area contributed by atoms with Crippen LogP contribution in [0, 0.1) is 5.82 Å². The summed E-state index contributed by atoms with van der Waals surface area (Å²) in [6, 6.07) is 10.4. The lowest BCUT2D eigenvalue weighted by atomic mass is 10.2. The van der Waals surface area contributed by atoms with Gasteiger partial charge in [0.05, 0.1) is 11.0 Å². The molecule has 0 unspecified atom stereocenters. The van der Waals surface area contributed by atoms with Crippen molar-refractivity contribution in [2.75, 3.05) is 5.73 Å². The van der Waals surface area contributed by atoms with Crippen LogP contribution in [0.3, 0.4) is 0 Å². The van der Waals surface area contributed by atoms with Gasteiger partial charge < -0.3 is 10.3 Å². The molecule has 0 atom stereocenters. The van der Waals surface area contributed by atoms with Gasteiger partial charge in [0.2, 0.25) is 0 Å². The third kappa shape index (κ3) is 2.65. The number of aryl methyl sites for hydroxylation is 1. The lowest BCUT2D eigenvalue weighted by Gasteiger charge is -2.09. The molecule has 0 bridgehead atoms. The number of hydrogen-bond donors (Lipinski definition) is 1. The lowest BCUT2D eigenvalue weighted by molar-refractivity contribution is 0.629.